The molecule has 21 heavy (non-hydrogen) atoms. The van der Waals surface area contributed by atoms with Gasteiger partial charge in [-0.3, -0.25) is 0 Å². The van der Waals surface area contributed by atoms with Gasteiger partial charge in [-0.25, -0.2) is 0 Å². The van der Waals surface area contributed by atoms with Crippen molar-refractivity contribution in [2.75, 3.05) is 20.1 Å². The lowest BCUT2D eigenvalue weighted by Gasteiger charge is -2.43. The molecule has 2 heteroatoms. The van der Waals surface area contributed by atoms with Crippen molar-refractivity contribution in [1.82, 2.24) is 10.2 Å². The first kappa shape index (κ1) is 17.3. The van der Waals surface area contributed by atoms with Crippen LogP contribution in [0.3, 0.4) is 0 Å². The summed E-state index contributed by atoms with van der Waals surface area (Å²) in [5.74, 6) is 0. The third-order valence-corrected chi connectivity index (χ3v) is 6.36. The summed E-state index contributed by atoms with van der Waals surface area (Å²) in [5.41, 5.74) is 1.06. The molecule has 0 bridgehead atoms. The number of rotatable bonds is 8. The van der Waals surface area contributed by atoms with E-state index in [9.17, 15) is 0 Å². The molecule has 2 saturated carbocycles. The van der Waals surface area contributed by atoms with E-state index in [0.717, 1.165) is 12.1 Å². The van der Waals surface area contributed by atoms with Gasteiger partial charge >= 0.3 is 0 Å². The number of hydrogen-bond donors (Lipinski definition) is 1. The Morgan fingerprint density at radius 1 is 1.05 bits per heavy atom. The van der Waals surface area contributed by atoms with E-state index in [2.05, 4.69) is 45.0 Å². The van der Waals surface area contributed by atoms with Crippen molar-refractivity contribution >= 4 is 0 Å². The Morgan fingerprint density at radius 3 is 2.10 bits per heavy atom. The van der Waals surface area contributed by atoms with Gasteiger partial charge in [0.25, 0.3) is 0 Å². The largest absolute Gasteiger partial charge is 0.313 e. The van der Waals surface area contributed by atoms with Crippen LogP contribution in [0, 0.1) is 10.8 Å². The van der Waals surface area contributed by atoms with Gasteiger partial charge in [0.2, 0.25) is 0 Å². The van der Waals surface area contributed by atoms with Gasteiger partial charge < -0.3 is 10.2 Å². The number of nitrogens with one attached hydrogen (secondary N) is 1. The highest BCUT2D eigenvalue weighted by Crippen LogP contribution is 2.38. The molecule has 0 spiro atoms. The molecule has 0 aromatic heterocycles. The smallest absolute Gasteiger partial charge is 0.00928 e. The molecule has 1 N–H and O–H groups in total. The van der Waals surface area contributed by atoms with Gasteiger partial charge in [-0.1, -0.05) is 27.7 Å². The predicted octanol–water partition coefficient (Wildman–Crippen LogP) is 4.45. The molecule has 0 heterocycles. The lowest BCUT2D eigenvalue weighted by molar-refractivity contribution is 0.0774. The van der Waals surface area contributed by atoms with Crippen LogP contribution in [-0.4, -0.2) is 37.1 Å². The lowest BCUT2D eigenvalue weighted by atomic mass is 9.74. The van der Waals surface area contributed by atoms with Gasteiger partial charge in [-0.05, 0) is 69.2 Å². The van der Waals surface area contributed by atoms with Crippen LogP contribution in [0.15, 0.2) is 0 Å². The molecule has 2 rings (SSSR count). The molecule has 0 aliphatic heterocycles. The summed E-state index contributed by atoms with van der Waals surface area (Å²) in [6.07, 6.45) is 11.0. The molecule has 0 aromatic carbocycles. The summed E-state index contributed by atoms with van der Waals surface area (Å²) >= 11 is 0. The maximum absolute atomic E-state index is 3.79. The van der Waals surface area contributed by atoms with Crippen LogP contribution in [0.4, 0.5) is 0 Å². The summed E-state index contributed by atoms with van der Waals surface area (Å²) in [4.78, 5) is 2.69. The summed E-state index contributed by atoms with van der Waals surface area (Å²) in [6.45, 7) is 12.1. The molecule has 0 atom stereocenters. The van der Waals surface area contributed by atoms with Crippen molar-refractivity contribution in [3.8, 4) is 0 Å². The molecule has 2 aliphatic carbocycles. The Labute approximate surface area is 133 Å². The molecule has 0 amide bonds. The molecule has 124 valence electrons. The van der Waals surface area contributed by atoms with Gasteiger partial charge in [0, 0.05) is 25.2 Å². The minimum atomic E-state index is 0.476. The Morgan fingerprint density at radius 2 is 1.62 bits per heavy atom. The molecule has 0 radical (unpaired) electrons. The third kappa shape index (κ3) is 4.96. The van der Waals surface area contributed by atoms with Crippen LogP contribution >= 0.6 is 0 Å². The topological polar surface area (TPSA) is 15.3 Å². The van der Waals surface area contributed by atoms with Crippen molar-refractivity contribution in [2.45, 2.75) is 91.1 Å². The molecule has 2 aliphatic rings. The first-order chi connectivity index (χ1) is 9.90. The Bertz CT molecular complexity index is 306. The predicted molar refractivity (Wildman–Crippen MR) is 92.7 cm³/mol. The molecule has 0 unspecified atom stereocenters. The fourth-order valence-electron chi connectivity index (χ4n) is 3.91. The van der Waals surface area contributed by atoms with Crippen LogP contribution in [-0.2, 0) is 0 Å². The van der Waals surface area contributed by atoms with Crippen molar-refractivity contribution in [3.63, 3.8) is 0 Å². The van der Waals surface area contributed by atoms with Crippen LogP contribution in [0.2, 0.25) is 0 Å². The first-order valence-corrected chi connectivity index (χ1v) is 9.33. The van der Waals surface area contributed by atoms with Crippen LogP contribution in [0.1, 0.15) is 79.1 Å². The zero-order valence-electron chi connectivity index (χ0n) is 15.2. The van der Waals surface area contributed by atoms with E-state index in [1.54, 1.807) is 0 Å². The van der Waals surface area contributed by atoms with E-state index in [0.29, 0.717) is 10.8 Å². The third-order valence-electron chi connectivity index (χ3n) is 6.36. The maximum Gasteiger partial charge on any atom is 0.00928 e. The average Bonchev–Trinajstić information content (AvgIpc) is 3.27. The van der Waals surface area contributed by atoms with Crippen LogP contribution in [0.5, 0.6) is 0 Å². The average molecular weight is 295 g/mol. The van der Waals surface area contributed by atoms with Crippen molar-refractivity contribution in [3.05, 3.63) is 0 Å². The van der Waals surface area contributed by atoms with E-state index >= 15 is 0 Å². The normalized spacial score (nSPS) is 23.7. The maximum atomic E-state index is 3.79. The first-order valence-electron chi connectivity index (χ1n) is 9.33. The van der Waals surface area contributed by atoms with E-state index in [1.807, 2.05) is 0 Å². The van der Waals surface area contributed by atoms with Crippen LogP contribution < -0.4 is 5.32 Å². The SMILES string of the molecule is CCC(CC)(CNC1CC1)CN(C)C1CCC(C)(C)CC1. The molecular formula is C19H38N2. The van der Waals surface area contributed by atoms with Crippen LogP contribution in [0.25, 0.3) is 0 Å². The van der Waals surface area contributed by atoms with Gasteiger partial charge in [0.15, 0.2) is 0 Å². The number of nitrogens with zero attached hydrogens (tertiary/aromatic N) is 1. The second-order valence-electron chi connectivity index (χ2n) is 8.67. The Hall–Kier alpha value is -0.0800. The number of hydrogen-bond acceptors (Lipinski definition) is 2. The standard InChI is InChI=1S/C19H38N2/c1-6-19(7-2,14-20-16-8-9-16)15-21(5)17-10-12-18(3,4)13-11-17/h16-17,20H,6-15H2,1-5H3. The van der Waals surface area contributed by atoms with Crippen molar-refractivity contribution in [1.29, 1.82) is 0 Å². The molecule has 2 nitrogen and oxygen atoms in total. The monoisotopic (exact) mass is 294 g/mol. The van der Waals surface area contributed by atoms with E-state index in [1.165, 1.54) is 64.5 Å². The van der Waals surface area contributed by atoms with Gasteiger partial charge in [-0.2, -0.15) is 0 Å². The Balaban J connectivity index is 1.86. The van der Waals surface area contributed by atoms with E-state index in [4.69, 9.17) is 0 Å². The van der Waals surface area contributed by atoms with Crippen molar-refractivity contribution < 1.29 is 0 Å². The molecule has 0 saturated heterocycles. The quantitative estimate of drug-likeness (QED) is 0.711. The zero-order valence-corrected chi connectivity index (χ0v) is 15.2. The molecular weight excluding hydrogens is 256 g/mol. The summed E-state index contributed by atoms with van der Waals surface area (Å²) < 4.78 is 0. The van der Waals surface area contributed by atoms with Gasteiger partial charge in [0.1, 0.15) is 0 Å². The van der Waals surface area contributed by atoms with Crippen molar-refractivity contribution in [2.24, 2.45) is 10.8 Å². The summed E-state index contributed by atoms with van der Waals surface area (Å²) in [5, 5.41) is 3.79. The fourth-order valence-corrected chi connectivity index (χ4v) is 3.91. The van der Waals surface area contributed by atoms with E-state index < -0.39 is 0 Å². The second kappa shape index (κ2) is 7.00. The molecule has 0 aromatic rings. The summed E-state index contributed by atoms with van der Waals surface area (Å²) in [7, 11) is 2.38. The zero-order chi connectivity index (χ0) is 15.5. The highest BCUT2D eigenvalue weighted by atomic mass is 15.1. The summed E-state index contributed by atoms with van der Waals surface area (Å²) in [6, 6.07) is 1.65. The highest BCUT2D eigenvalue weighted by Gasteiger charge is 2.34. The second-order valence-corrected chi connectivity index (χ2v) is 8.67. The van der Waals surface area contributed by atoms with Gasteiger partial charge in [0.05, 0.1) is 0 Å². The lowest BCUT2D eigenvalue weighted by Crippen LogP contribution is -2.47. The minimum Gasteiger partial charge on any atom is -0.313 e. The van der Waals surface area contributed by atoms with E-state index in [-0.39, 0.29) is 0 Å². The molecule has 2 fully saturated rings. The minimum absolute atomic E-state index is 0.476. The highest BCUT2D eigenvalue weighted by molar-refractivity contribution is 4.90. The fraction of sp³-hybridized carbons (Fsp3) is 1.00. The van der Waals surface area contributed by atoms with Gasteiger partial charge in [-0.15, -0.1) is 0 Å². The Kier molecular flexibility index (Phi) is 5.76.